The van der Waals surface area contributed by atoms with Crippen LogP contribution in [0.2, 0.25) is 0 Å². The molecule has 1 aromatic rings. The second-order valence-electron chi connectivity index (χ2n) is 7.50. The lowest BCUT2D eigenvalue weighted by molar-refractivity contribution is 0.00650. The van der Waals surface area contributed by atoms with Crippen LogP contribution < -0.4 is 0 Å². The molecule has 2 fully saturated rings. The van der Waals surface area contributed by atoms with Crippen molar-refractivity contribution in [1.82, 2.24) is 9.80 Å². The number of likely N-dealkylation sites (tertiary alicyclic amines) is 2. The van der Waals surface area contributed by atoms with Gasteiger partial charge in [0.1, 0.15) is 0 Å². The summed E-state index contributed by atoms with van der Waals surface area (Å²) in [6, 6.07) is 13.4. The quantitative estimate of drug-likeness (QED) is 0.777. The number of nitrogens with zero attached hydrogens (tertiary/aromatic N) is 2. The molecule has 23 heavy (non-hydrogen) atoms. The van der Waals surface area contributed by atoms with E-state index < -0.39 is 0 Å². The van der Waals surface area contributed by atoms with Crippen molar-refractivity contribution >= 4 is 0 Å². The van der Waals surface area contributed by atoms with Crippen molar-refractivity contribution in [3.8, 4) is 0 Å². The van der Waals surface area contributed by atoms with Crippen molar-refractivity contribution < 1.29 is 0 Å². The number of hydrogen-bond donors (Lipinski definition) is 0. The molecule has 0 saturated carbocycles. The molecule has 2 unspecified atom stereocenters. The molecule has 0 aromatic heterocycles. The maximum Gasteiger partial charge on any atom is 0.0239 e. The van der Waals surface area contributed by atoms with E-state index in [-0.39, 0.29) is 0 Å². The summed E-state index contributed by atoms with van der Waals surface area (Å²) in [5.41, 5.74) is 1.47. The Morgan fingerprint density at radius 1 is 0.870 bits per heavy atom. The molecular weight excluding hydrogens is 280 g/mol. The van der Waals surface area contributed by atoms with E-state index in [9.17, 15) is 0 Å². The van der Waals surface area contributed by atoms with Gasteiger partial charge in [-0.3, -0.25) is 4.90 Å². The second-order valence-corrected chi connectivity index (χ2v) is 7.50. The lowest BCUT2D eigenvalue weighted by Gasteiger charge is -2.49. The Bertz CT molecular complexity index is 438. The molecule has 2 aliphatic heterocycles. The highest BCUT2D eigenvalue weighted by Crippen LogP contribution is 2.32. The second kappa shape index (κ2) is 8.30. The van der Waals surface area contributed by atoms with Crippen molar-refractivity contribution in [2.45, 2.75) is 83.5 Å². The van der Waals surface area contributed by atoms with Gasteiger partial charge in [0.25, 0.3) is 0 Å². The van der Waals surface area contributed by atoms with E-state index >= 15 is 0 Å². The Morgan fingerprint density at radius 2 is 1.48 bits per heavy atom. The van der Waals surface area contributed by atoms with E-state index in [2.05, 4.69) is 54.0 Å². The molecule has 128 valence electrons. The van der Waals surface area contributed by atoms with Crippen molar-refractivity contribution in [1.29, 1.82) is 0 Å². The first kappa shape index (κ1) is 17.0. The highest BCUT2D eigenvalue weighted by atomic mass is 15.2. The summed E-state index contributed by atoms with van der Waals surface area (Å²) >= 11 is 0. The third-order valence-electron chi connectivity index (χ3n) is 6.08. The Kier molecular flexibility index (Phi) is 6.13. The van der Waals surface area contributed by atoms with Crippen LogP contribution in [0.5, 0.6) is 0 Å². The largest absolute Gasteiger partial charge is 0.300 e. The van der Waals surface area contributed by atoms with Crippen LogP contribution in [-0.2, 0) is 6.54 Å². The maximum atomic E-state index is 2.82. The molecule has 2 nitrogen and oxygen atoms in total. The van der Waals surface area contributed by atoms with Crippen LogP contribution in [0.3, 0.4) is 0 Å². The van der Waals surface area contributed by atoms with Crippen molar-refractivity contribution in [3.63, 3.8) is 0 Å². The minimum absolute atomic E-state index is 0.751. The van der Waals surface area contributed by atoms with Crippen molar-refractivity contribution in [2.75, 3.05) is 13.1 Å². The van der Waals surface area contributed by atoms with Gasteiger partial charge in [-0.15, -0.1) is 0 Å². The molecular formula is C21H34N2. The van der Waals surface area contributed by atoms with Gasteiger partial charge in [-0.05, 0) is 57.2 Å². The predicted octanol–water partition coefficient (Wildman–Crippen LogP) is 4.69. The van der Waals surface area contributed by atoms with Gasteiger partial charge in [-0.2, -0.15) is 0 Å². The Balaban J connectivity index is 1.70. The van der Waals surface area contributed by atoms with E-state index in [1.54, 1.807) is 0 Å². The molecule has 0 aliphatic carbocycles. The van der Waals surface area contributed by atoms with Crippen LogP contribution in [-0.4, -0.2) is 41.0 Å². The number of benzene rings is 1. The lowest BCUT2D eigenvalue weighted by atomic mass is 9.86. The number of hydrogen-bond acceptors (Lipinski definition) is 2. The van der Waals surface area contributed by atoms with Gasteiger partial charge in [0.15, 0.2) is 0 Å². The topological polar surface area (TPSA) is 6.48 Å². The van der Waals surface area contributed by atoms with Crippen LogP contribution in [0.1, 0.15) is 64.4 Å². The molecule has 0 N–H and O–H groups in total. The first-order valence-electron chi connectivity index (χ1n) is 9.85. The van der Waals surface area contributed by atoms with Crippen molar-refractivity contribution in [2.24, 2.45) is 0 Å². The summed E-state index contributed by atoms with van der Waals surface area (Å²) < 4.78 is 0. The number of rotatable bonds is 5. The van der Waals surface area contributed by atoms with Crippen molar-refractivity contribution in [3.05, 3.63) is 35.9 Å². The summed E-state index contributed by atoms with van der Waals surface area (Å²) in [5, 5.41) is 0. The standard InChI is InChI=1S/C21H34N2/c1-3-19-15-21(22-13-9-6-10-14-22)16-20(4-2)23(19)17-18-11-7-5-8-12-18/h5,7-8,11-12,19-21H,3-4,6,9-10,13-17H2,1-2H3. The fourth-order valence-corrected chi connectivity index (χ4v) is 4.73. The zero-order valence-electron chi connectivity index (χ0n) is 15.1. The van der Waals surface area contributed by atoms with E-state index in [1.807, 2.05) is 0 Å². The first-order chi connectivity index (χ1) is 11.3. The molecule has 0 bridgehead atoms. The average molecular weight is 315 g/mol. The molecule has 2 saturated heterocycles. The van der Waals surface area contributed by atoms with Crippen LogP contribution in [0, 0.1) is 0 Å². The van der Waals surface area contributed by atoms with E-state index in [0.717, 1.165) is 24.7 Å². The first-order valence-corrected chi connectivity index (χ1v) is 9.85. The highest BCUT2D eigenvalue weighted by Gasteiger charge is 2.36. The van der Waals surface area contributed by atoms with Crippen LogP contribution >= 0.6 is 0 Å². The van der Waals surface area contributed by atoms with Crippen LogP contribution in [0.4, 0.5) is 0 Å². The van der Waals surface area contributed by atoms with Crippen LogP contribution in [0.15, 0.2) is 30.3 Å². The van der Waals surface area contributed by atoms with Gasteiger partial charge >= 0.3 is 0 Å². The minimum Gasteiger partial charge on any atom is -0.300 e. The fraction of sp³-hybridized carbons (Fsp3) is 0.714. The van der Waals surface area contributed by atoms with Crippen LogP contribution in [0.25, 0.3) is 0 Å². The molecule has 2 heterocycles. The molecule has 2 atom stereocenters. The Hall–Kier alpha value is -0.860. The smallest absolute Gasteiger partial charge is 0.0239 e. The third-order valence-corrected chi connectivity index (χ3v) is 6.08. The van der Waals surface area contributed by atoms with Gasteiger partial charge in [-0.25, -0.2) is 0 Å². The summed E-state index contributed by atoms with van der Waals surface area (Å²) in [6.07, 6.45) is 9.59. The molecule has 0 spiro atoms. The zero-order chi connectivity index (χ0) is 16.1. The molecule has 0 radical (unpaired) electrons. The highest BCUT2D eigenvalue weighted by molar-refractivity contribution is 5.15. The molecule has 1 aromatic carbocycles. The maximum absolute atomic E-state index is 2.82. The molecule has 2 aliphatic rings. The monoisotopic (exact) mass is 314 g/mol. The normalized spacial score (nSPS) is 30.4. The number of piperidine rings is 2. The van der Waals surface area contributed by atoms with E-state index in [1.165, 1.54) is 63.6 Å². The summed E-state index contributed by atoms with van der Waals surface area (Å²) in [4.78, 5) is 5.63. The lowest BCUT2D eigenvalue weighted by Crippen LogP contribution is -2.55. The summed E-state index contributed by atoms with van der Waals surface area (Å²) in [5.74, 6) is 0. The average Bonchev–Trinajstić information content (AvgIpc) is 2.63. The fourth-order valence-electron chi connectivity index (χ4n) is 4.73. The van der Waals surface area contributed by atoms with E-state index in [0.29, 0.717) is 0 Å². The molecule has 2 heteroatoms. The minimum atomic E-state index is 0.751. The summed E-state index contributed by atoms with van der Waals surface area (Å²) in [6.45, 7) is 8.58. The van der Waals surface area contributed by atoms with E-state index in [4.69, 9.17) is 0 Å². The third kappa shape index (κ3) is 4.16. The predicted molar refractivity (Wildman–Crippen MR) is 98.6 cm³/mol. The van der Waals surface area contributed by atoms with Gasteiger partial charge < -0.3 is 4.90 Å². The Labute approximate surface area is 142 Å². The Morgan fingerprint density at radius 3 is 2.04 bits per heavy atom. The van der Waals surface area contributed by atoms with Gasteiger partial charge in [0.2, 0.25) is 0 Å². The zero-order valence-corrected chi connectivity index (χ0v) is 15.1. The molecule has 0 amide bonds. The van der Waals surface area contributed by atoms with Gasteiger partial charge in [0, 0.05) is 24.7 Å². The SMILES string of the molecule is CCC1CC(N2CCCCC2)CC(CC)N1Cc1ccccc1. The summed E-state index contributed by atoms with van der Waals surface area (Å²) in [7, 11) is 0. The molecule has 3 rings (SSSR count). The van der Waals surface area contributed by atoms with Gasteiger partial charge in [-0.1, -0.05) is 50.6 Å². The van der Waals surface area contributed by atoms with Gasteiger partial charge in [0.05, 0.1) is 0 Å².